The summed E-state index contributed by atoms with van der Waals surface area (Å²) < 4.78 is 10.7. The van der Waals surface area contributed by atoms with Crippen LogP contribution in [0, 0.1) is 0 Å². The van der Waals surface area contributed by atoms with E-state index in [2.05, 4.69) is 233 Å². The second-order valence-electron chi connectivity index (χ2n) is 22.5. The standard InChI is InChI=1S/C83H128O5/c1-3-5-7-9-11-13-15-17-19-21-23-25-27-29-31-33-35-37-39-40-41-42-44-46-48-50-52-54-56-58-60-62-64-66-68-70-72-74-76-78-83(86)88-81(79-84)80-87-82(85)77-75-73-71-69-67-65-63-61-59-57-55-53-51-49-47-45-43-38-36-34-32-30-28-26-24-22-20-18-16-14-12-10-8-6-4-2/h5-8,11-14,17-20,23-26,29-32,35-38,40-41,44,46,50,52,56,58,62,64,68,70,81,84H,3-4,9-10,15-16,21-22,27-28,33-34,39,42-43,45,47-49,51,53-55,57,59-61,63,65-67,69,71-80H2,1-2H3/b7-5-,8-6-,13-11-,14-12-,19-17-,20-18-,25-23-,26-24-,31-29-,32-30-,37-35-,38-36-,41-40-,46-44-,52-50-,58-56-,64-62-,70-68-. The smallest absolute Gasteiger partial charge is 0.306 e. The highest BCUT2D eigenvalue weighted by Gasteiger charge is 2.16. The largest absolute Gasteiger partial charge is 0.462 e. The summed E-state index contributed by atoms with van der Waals surface area (Å²) in [5.41, 5.74) is 0. The molecule has 0 saturated heterocycles. The van der Waals surface area contributed by atoms with Crippen LogP contribution in [0.5, 0.6) is 0 Å². The van der Waals surface area contributed by atoms with Gasteiger partial charge in [-0.15, -0.1) is 0 Å². The minimum absolute atomic E-state index is 0.0961. The molecule has 1 unspecified atom stereocenters. The number of ether oxygens (including phenoxy) is 2. The van der Waals surface area contributed by atoms with Gasteiger partial charge >= 0.3 is 11.9 Å². The van der Waals surface area contributed by atoms with Crippen molar-refractivity contribution in [3.63, 3.8) is 0 Å². The number of hydrogen-bond donors (Lipinski definition) is 1. The van der Waals surface area contributed by atoms with E-state index in [1.807, 2.05) is 0 Å². The highest BCUT2D eigenvalue weighted by molar-refractivity contribution is 5.70. The van der Waals surface area contributed by atoms with Crippen molar-refractivity contribution < 1.29 is 24.2 Å². The molecule has 0 radical (unpaired) electrons. The predicted octanol–water partition coefficient (Wildman–Crippen LogP) is 25.1. The molecule has 0 aromatic carbocycles. The Morgan fingerprint density at radius 3 is 0.705 bits per heavy atom. The maximum Gasteiger partial charge on any atom is 0.306 e. The van der Waals surface area contributed by atoms with Gasteiger partial charge in [-0.1, -0.05) is 322 Å². The first-order chi connectivity index (χ1) is 43.6. The monoisotopic (exact) mass is 1200 g/mol. The molecule has 5 nitrogen and oxygen atoms in total. The van der Waals surface area contributed by atoms with E-state index in [1.165, 1.54) is 89.9 Å². The Bertz CT molecular complexity index is 2100. The molecule has 0 bridgehead atoms. The number of carbonyl (C=O) groups excluding carboxylic acids is 2. The van der Waals surface area contributed by atoms with Crippen LogP contribution >= 0.6 is 0 Å². The molecule has 0 saturated carbocycles. The molecule has 0 spiro atoms. The first-order valence-electron chi connectivity index (χ1n) is 35.3. The fourth-order valence-corrected chi connectivity index (χ4v) is 9.07. The van der Waals surface area contributed by atoms with Gasteiger partial charge < -0.3 is 14.6 Å². The van der Waals surface area contributed by atoms with Crippen molar-refractivity contribution in [2.24, 2.45) is 0 Å². The minimum atomic E-state index is -0.813. The lowest BCUT2D eigenvalue weighted by molar-refractivity contribution is -0.161. The summed E-state index contributed by atoms with van der Waals surface area (Å²) in [5.74, 6) is -0.652. The zero-order valence-corrected chi connectivity index (χ0v) is 56.1. The fraction of sp³-hybridized carbons (Fsp3) is 0.542. The first kappa shape index (κ1) is 82.2. The molecule has 0 heterocycles. The molecule has 0 aliphatic heterocycles. The molecule has 0 amide bonds. The minimum Gasteiger partial charge on any atom is -0.462 e. The van der Waals surface area contributed by atoms with E-state index in [-0.39, 0.29) is 31.6 Å². The third kappa shape index (κ3) is 72.7. The predicted molar refractivity (Wildman–Crippen MR) is 388 cm³/mol. The lowest BCUT2D eigenvalue weighted by Crippen LogP contribution is -2.28. The maximum atomic E-state index is 12.4. The number of carbonyl (C=O) groups is 2. The van der Waals surface area contributed by atoms with E-state index in [4.69, 9.17) is 9.47 Å². The Labute approximate surface area is 542 Å². The first-order valence-corrected chi connectivity index (χ1v) is 35.3. The molecule has 490 valence electrons. The van der Waals surface area contributed by atoms with Crippen LogP contribution in [0.3, 0.4) is 0 Å². The SMILES string of the molecule is CC/C=C\C/C=C\C/C=C\C/C=C\C/C=C\C/C=C\C/C=C\C/C=C\C/C=C\C/C=C\C/C=C\C/C=C\CCCCC(=O)OC(CO)COC(=O)CCCCCCCCCCCCCCCCCC/C=C\C/C=C\C/C=C\C/C=C\C/C=C\C/C=C\CC. The van der Waals surface area contributed by atoms with E-state index in [9.17, 15) is 14.7 Å². The molecule has 0 rings (SSSR count). The molecule has 0 fully saturated rings. The molecule has 88 heavy (non-hydrogen) atoms. The third-order valence-electron chi connectivity index (χ3n) is 14.3. The van der Waals surface area contributed by atoms with Crippen molar-refractivity contribution in [3.8, 4) is 0 Å². The average Bonchev–Trinajstić information content (AvgIpc) is 3.54. The summed E-state index contributed by atoms with van der Waals surface area (Å²) in [6, 6.07) is 0. The van der Waals surface area contributed by atoms with Gasteiger partial charge in [0.15, 0.2) is 6.10 Å². The van der Waals surface area contributed by atoms with Crippen LogP contribution in [0.2, 0.25) is 0 Å². The van der Waals surface area contributed by atoms with Crippen LogP contribution in [0.4, 0.5) is 0 Å². The number of rotatable bonds is 62. The van der Waals surface area contributed by atoms with Crippen molar-refractivity contribution in [2.75, 3.05) is 13.2 Å². The van der Waals surface area contributed by atoms with E-state index in [0.29, 0.717) is 12.8 Å². The molecule has 1 N–H and O–H groups in total. The Balaban J connectivity index is 3.64. The van der Waals surface area contributed by atoms with Gasteiger partial charge in [0.2, 0.25) is 0 Å². The Morgan fingerprint density at radius 1 is 0.261 bits per heavy atom. The average molecular weight is 1210 g/mol. The molecule has 0 aliphatic carbocycles. The van der Waals surface area contributed by atoms with Gasteiger partial charge in [-0.25, -0.2) is 0 Å². The number of esters is 2. The maximum absolute atomic E-state index is 12.4. The van der Waals surface area contributed by atoms with Gasteiger partial charge in [0, 0.05) is 12.8 Å². The molecule has 1 atom stereocenters. The van der Waals surface area contributed by atoms with Crippen LogP contribution in [-0.4, -0.2) is 36.4 Å². The highest BCUT2D eigenvalue weighted by Crippen LogP contribution is 2.15. The number of aliphatic hydroxyl groups is 1. The van der Waals surface area contributed by atoms with Gasteiger partial charge in [0.1, 0.15) is 6.61 Å². The van der Waals surface area contributed by atoms with E-state index in [0.717, 1.165) is 148 Å². The molecular weight excluding hydrogens is 1080 g/mol. The van der Waals surface area contributed by atoms with Crippen molar-refractivity contribution in [1.29, 1.82) is 0 Å². The van der Waals surface area contributed by atoms with Gasteiger partial charge in [-0.05, 0) is 154 Å². The summed E-state index contributed by atoms with van der Waals surface area (Å²) in [5, 5.41) is 9.70. The fourth-order valence-electron chi connectivity index (χ4n) is 9.07. The van der Waals surface area contributed by atoms with E-state index >= 15 is 0 Å². The van der Waals surface area contributed by atoms with E-state index in [1.54, 1.807) is 0 Å². The third-order valence-corrected chi connectivity index (χ3v) is 14.3. The van der Waals surface area contributed by atoms with Crippen molar-refractivity contribution in [2.45, 2.75) is 277 Å². The Kier molecular flexibility index (Phi) is 70.5. The number of hydrogen-bond acceptors (Lipinski definition) is 5. The van der Waals surface area contributed by atoms with Crippen molar-refractivity contribution in [3.05, 3.63) is 219 Å². The van der Waals surface area contributed by atoms with E-state index < -0.39 is 6.10 Å². The molecular formula is C83H128O5. The highest BCUT2D eigenvalue weighted by atomic mass is 16.6. The van der Waals surface area contributed by atoms with Crippen LogP contribution in [0.15, 0.2) is 219 Å². The summed E-state index contributed by atoms with van der Waals surface area (Å²) in [6.07, 6.45) is 122. The van der Waals surface area contributed by atoms with Gasteiger partial charge in [-0.3, -0.25) is 9.59 Å². The van der Waals surface area contributed by atoms with Crippen molar-refractivity contribution in [1.82, 2.24) is 0 Å². The van der Waals surface area contributed by atoms with Crippen molar-refractivity contribution >= 4 is 11.9 Å². The van der Waals surface area contributed by atoms with Gasteiger partial charge in [0.25, 0.3) is 0 Å². The Hall–Kier alpha value is -5.78. The molecule has 5 heteroatoms. The summed E-state index contributed by atoms with van der Waals surface area (Å²) >= 11 is 0. The summed E-state index contributed by atoms with van der Waals surface area (Å²) in [6.45, 7) is 3.87. The number of allylic oxidation sites excluding steroid dienone is 36. The summed E-state index contributed by atoms with van der Waals surface area (Å²) in [7, 11) is 0. The summed E-state index contributed by atoms with van der Waals surface area (Å²) in [4.78, 5) is 24.6. The second-order valence-corrected chi connectivity index (χ2v) is 22.5. The van der Waals surface area contributed by atoms with Crippen LogP contribution in [0.25, 0.3) is 0 Å². The van der Waals surface area contributed by atoms with Gasteiger partial charge in [-0.2, -0.15) is 0 Å². The van der Waals surface area contributed by atoms with Crippen LogP contribution in [0.1, 0.15) is 271 Å². The molecule has 0 aromatic rings. The van der Waals surface area contributed by atoms with Crippen LogP contribution in [-0.2, 0) is 19.1 Å². The number of aliphatic hydroxyl groups excluding tert-OH is 1. The zero-order valence-electron chi connectivity index (χ0n) is 56.1. The zero-order chi connectivity index (χ0) is 63.3. The number of unbranched alkanes of at least 4 members (excludes halogenated alkanes) is 18. The molecule has 0 aliphatic rings. The van der Waals surface area contributed by atoms with Crippen LogP contribution < -0.4 is 0 Å². The lowest BCUT2D eigenvalue weighted by atomic mass is 10.0. The lowest BCUT2D eigenvalue weighted by Gasteiger charge is -2.15. The quantitative estimate of drug-likeness (QED) is 0.0373. The Morgan fingerprint density at radius 2 is 0.455 bits per heavy atom. The topological polar surface area (TPSA) is 72.8 Å². The van der Waals surface area contributed by atoms with Gasteiger partial charge in [0.05, 0.1) is 6.61 Å². The second kappa shape index (κ2) is 75.5. The normalized spacial score (nSPS) is 13.6. The molecule has 0 aromatic heterocycles.